The van der Waals surface area contributed by atoms with Crippen LogP contribution in [0.3, 0.4) is 0 Å². The number of amides is 2. The molecule has 2 bridgehead atoms. The number of fused-ring (bicyclic) bond motifs is 1. The van der Waals surface area contributed by atoms with Crippen LogP contribution in [0.5, 0.6) is 0 Å². The maximum Gasteiger partial charge on any atom is 0.312 e. The number of rotatable bonds is 8. The van der Waals surface area contributed by atoms with E-state index in [2.05, 4.69) is 5.32 Å². The highest BCUT2D eigenvalue weighted by molar-refractivity contribution is 6.30. The maximum absolute atomic E-state index is 13.8. The molecule has 9 heteroatoms. The van der Waals surface area contributed by atoms with Crippen LogP contribution in [0.1, 0.15) is 40.0 Å². The summed E-state index contributed by atoms with van der Waals surface area (Å²) in [6, 6.07) is 5.17. The second-order valence-electron chi connectivity index (χ2n) is 9.52. The van der Waals surface area contributed by atoms with Gasteiger partial charge in [-0.15, -0.1) is 0 Å². The molecule has 1 aromatic carbocycles. The van der Waals surface area contributed by atoms with Crippen molar-refractivity contribution in [2.75, 3.05) is 18.5 Å². The number of hydrogen-bond acceptors (Lipinski definition) is 6. The van der Waals surface area contributed by atoms with Gasteiger partial charge in [0.2, 0.25) is 11.8 Å². The molecule has 1 aromatic rings. The zero-order valence-electron chi connectivity index (χ0n) is 19.1. The van der Waals surface area contributed by atoms with Crippen molar-refractivity contribution in [3.8, 4) is 0 Å². The Bertz CT molecular complexity index is 922. The van der Waals surface area contributed by atoms with Gasteiger partial charge < -0.3 is 24.8 Å². The number of carbonyl (C=O) groups excluding carboxylic acids is 3. The van der Waals surface area contributed by atoms with E-state index in [0.717, 1.165) is 0 Å². The Morgan fingerprint density at radius 3 is 2.64 bits per heavy atom. The fraction of sp³-hybridized carbons (Fsp3) is 0.625. The van der Waals surface area contributed by atoms with Crippen LogP contribution in [0.4, 0.5) is 5.69 Å². The third-order valence-electron chi connectivity index (χ3n) is 7.00. The Morgan fingerprint density at radius 1 is 1.33 bits per heavy atom. The van der Waals surface area contributed by atoms with E-state index in [1.807, 2.05) is 13.8 Å². The topological polar surface area (TPSA) is 105 Å². The minimum Gasteiger partial charge on any atom is -0.466 e. The highest BCUT2D eigenvalue weighted by Crippen LogP contribution is 2.59. The summed E-state index contributed by atoms with van der Waals surface area (Å²) < 4.78 is 11.6. The van der Waals surface area contributed by atoms with Crippen molar-refractivity contribution < 1.29 is 29.0 Å². The second-order valence-corrected chi connectivity index (χ2v) is 9.95. The van der Waals surface area contributed by atoms with Crippen molar-refractivity contribution in [3.05, 3.63) is 29.3 Å². The predicted molar refractivity (Wildman–Crippen MR) is 121 cm³/mol. The molecule has 3 saturated heterocycles. The number of aliphatic hydroxyl groups excluding tert-OH is 1. The fourth-order valence-electron chi connectivity index (χ4n) is 5.85. The molecule has 33 heavy (non-hydrogen) atoms. The number of benzene rings is 1. The summed E-state index contributed by atoms with van der Waals surface area (Å²) in [6.45, 7) is 5.62. The number of esters is 1. The van der Waals surface area contributed by atoms with Crippen molar-refractivity contribution in [1.82, 2.24) is 4.90 Å². The molecule has 0 unspecified atom stereocenters. The minimum absolute atomic E-state index is 0.186. The average Bonchev–Trinajstić information content (AvgIpc) is 3.41. The third-order valence-corrected chi connectivity index (χ3v) is 7.26. The summed E-state index contributed by atoms with van der Waals surface area (Å²) >= 11 is 5.96. The number of aliphatic hydroxyl groups is 1. The summed E-state index contributed by atoms with van der Waals surface area (Å²) in [5.74, 6) is -2.57. The Kier molecular flexibility index (Phi) is 6.71. The van der Waals surface area contributed by atoms with Crippen LogP contribution in [0.2, 0.25) is 5.02 Å². The van der Waals surface area contributed by atoms with Crippen LogP contribution < -0.4 is 5.32 Å². The Balaban J connectivity index is 1.73. The van der Waals surface area contributed by atoms with Crippen molar-refractivity contribution >= 4 is 35.1 Å². The number of halogens is 1. The molecular weight excluding hydrogens is 448 g/mol. The largest absolute Gasteiger partial charge is 0.466 e. The number of carbonyl (C=O) groups is 3. The van der Waals surface area contributed by atoms with Crippen molar-refractivity contribution in [2.24, 2.45) is 17.8 Å². The molecule has 1 spiro atoms. The van der Waals surface area contributed by atoms with Gasteiger partial charge in [0.15, 0.2) is 0 Å². The van der Waals surface area contributed by atoms with Gasteiger partial charge >= 0.3 is 5.97 Å². The van der Waals surface area contributed by atoms with Gasteiger partial charge in [-0.1, -0.05) is 25.4 Å². The van der Waals surface area contributed by atoms with Crippen LogP contribution in [-0.4, -0.2) is 64.8 Å². The fourth-order valence-corrected chi connectivity index (χ4v) is 5.98. The zero-order valence-corrected chi connectivity index (χ0v) is 19.9. The molecule has 6 atom stereocenters. The summed E-state index contributed by atoms with van der Waals surface area (Å²) in [5, 5.41) is 13.6. The Hall–Kier alpha value is -2.16. The van der Waals surface area contributed by atoms with E-state index >= 15 is 0 Å². The van der Waals surface area contributed by atoms with E-state index in [1.165, 1.54) is 4.90 Å². The lowest BCUT2D eigenvalue weighted by molar-refractivity contribution is -0.155. The number of ether oxygens (including phenoxy) is 2. The Morgan fingerprint density at radius 2 is 2.03 bits per heavy atom. The van der Waals surface area contributed by atoms with E-state index < -0.39 is 47.5 Å². The molecule has 180 valence electrons. The second kappa shape index (κ2) is 9.24. The van der Waals surface area contributed by atoms with E-state index in [0.29, 0.717) is 30.0 Å². The van der Waals surface area contributed by atoms with Crippen LogP contribution in [0.25, 0.3) is 0 Å². The first kappa shape index (κ1) is 24.0. The van der Waals surface area contributed by atoms with Gasteiger partial charge in [-0.3, -0.25) is 14.4 Å². The first-order valence-electron chi connectivity index (χ1n) is 11.6. The average molecular weight is 479 g/mol. The number of nitrogens with zero attached hydrogens (tertiary/aromatic N) is 1. The quantitative estimate of drug-likeness (QED) is 0.556. The standard InChI is InChI=1S/C24H31ClN2O6/c1-4-32-23(31)18-17-9-10-24(33-17)19(18)22(30)27(16(12-28)11-13(2)3)20(24)21(29)26-15-7-5-14(25)6-8-15/h5-8,13,16-20,28H,4,9-12H2,1-3H3,(H,26,29)/t16-,17-,18+,19+,20-,24+/m1/s1. The molecule has 2 N–H and O–H groups in total. The molecule has 3 aliphatic rings. The number of hydrogen-bond donors (Lipinski definition) is 2. The van der Waals surface area contributed by atoms with Crippen LogP contribution in [0.15, 0.2) is 24.3 Å². The monoisotopic (exact) mass is 478 g/mol. The lowest BCUT2D eigenvalue weighted by Crippen LogP contribution is -2.56. The molecule has 3 aliphatic heterocycles. The normalized spacial score (nSPS) is 31.1. The lowest BCUT2D eigenvalue weighted by atomic mass is 9.70. The first-order chi connectivity index (χ1) is 15.7. The van der Waals surface area contributed by atoms with Gasteiger partial charge in [0, 0.05) is 10.7 Å². The molecule has 3 fully saturated rings. The van der Waals surface area contributed by atoms with Gasteiger partial charge in [-0.25, -0.2) is 0 Å². The summed E-state index contributed by atoms with van der Waals surface area (Å²) in [5.41, 5.74) is -0.587. The van der Waals surface area contributed by atoms with Gasteiger partial charge in [0.05, 0.1) is 37.2 Å². The maximum atomic E-state index is 13.8. The van der Waals surface area contributed by atoms with E-state index in [4.69, 9.17) is 21.1 Å². The smallest absolute Gasteiger partial charge is 0.312 e. The third kappa shape index (κ3) is 4.02. The van der Waals surface area contributed by atoms with Crippen LogP contribution >= 0.6 is 11.6 Å². The first-order valence-corrected chi connectivity index (χ1v) is 11.9. The molecule has 0 radical (unpaired) electrons. The highest BCUT2D eigenvalue weighted by atomic mass is 35.5. The molecule has 8 nitrogen and oxygen atoms in total. The molecular formula is C24H31ClN2O6. The predicted octanol–water partition coefficient (Wildman–Crippen LogP) is 2.62. The summed E-state index contributed by atoms with van der Waals surface area (Å²) in [4.78, 5) is 41.8. The molecule has 0 saturated carbocycles. The molecule has 0 aromatic heterocycles. The zero-order chi connectivity index (χ0) is 23.9. The van der Waals surface area contributed by atoms with Gasteiger partial charge in [0.25, 0.3) is 0 Å². The van der Waals surface area contributed by atoms with E-state index in [1.54, 1.807) is 31.2 Å². The number of anilines is 1. The molecule has 2 amide bonds. The molecule has 0 aliphatic carbocycles. The van der Waals surface area contributed by atoms with Crippen molar-refractivity contribution in [3.63, 3.8) is 0 Å². The molecule has 3 heterocycles. The SMILES string of the molecule is CCOC(=O)[C@@H]1[C@H]2C(=O)N([C@@H](CO)CC(C)C)[C@H](C(=O)Nc3ccc(Cl)cc3)[C@]23CC[C@H]1O3. The molecule has 4 rings (SSSR count). The van der Waals surface area contributed by atoms with E-state index in [9.17, 15) is 19.5 Å². The van der Waals surface area contributed by atoms with Crippen LogP contribution in [0, 0.1) is 17.8 Å². The van der Waals surface area contributed by atoms with Gasteiger partial charge in [-0.05, 0) is 56.4 Å². The summed E-state index contributed by atoms with van der Waals surface area (Å²) in [6.07, 6.45) is 1.12. The van der Waals surface area contributed by atoms with Gasteiger partial charge in [0.1, 0.15) is 11.6 Å². The highest BCUT2D eigenvalue weighted by Gasteiger charge is 2.75. The van der Waals surface area contributed by atoms with Crippen molar-refractivity contribution in [1.29, 1.82) is 0 Å². The van der Waals surface area contributed by atoms with Crippen LogP contribution in [-0.2, 0) is 23.9 Å². The lowest BCUT2D eigenvalue weighted by Gasteiger charge is -2.37. The van der Waals surface area contributed by atoms with Crippen molar-refractivity contribution in [2.45, 2.75) is 63.8 Å². The van der Waals surface area contributed by atoms with Gasteiger partial charge in [-0.2, -0.15) is 0 Å². The number of nitrogens with one attached hydrogen (secondary N) is 1. The summed E-state index contributed by atoms with van der Waals surface area (Å²) in [7, 11) is 0. The minimum atomic E-state index is -1.12. The number of likely N-dealkylation sites (tertiary alicyclic amines) is 1. The van der Waals surface area contributed by atoms with E-state index in [-0.39, 0.29) is 25.0 Å². The Labute approximate surface area is 198 Å².